The number of aromatic nitrogens is 1. The summed E-state index contributed by atoms with van der Waals surface area (Å²) >= 11 is 11.6. The summed E-state index contributed by atoms with van der Waals surface area (Å²) in [5.41, 5.74) is 4.17. The van der Waals surface area contributed by atoms with Gasteiger partial charge >= 0.3 is 0 Å². The molecule has 8 heteroatoms. The molecule has 0 saturated heterocycles. The molecule has 1 atom stereocenters. The average Bonchev–Trinajstić information content (AvgIpc) is 3.23. The Balaban J connectivity index is 1.53. The van der Waals surface area contributed by atoms with Gasteiger partial charge in [0.2, 0.25) is 5.89 Å². The monoisotopic (exact) mass is 481 g/mol. The molecule has 1 aromatic heterocycles. The van der Waals surface area contributed by atoms with Gasteiger partial charge in [0.25, 0.3) is 5.91 Å². The predicted molar refractivity (Wildman–Crippen MR) is 133 cm³/mol. The minimum atomic E-state index is -0.462. The van der Waals surface area contributed by atoms with Crippen molar-refractivity contribution in [1.29, 1.82) is 0 Å². The zero-order chi connectivity index (χ0) is 23.5. The topological polar surface area (TPSA) is 67.2 Å². The van der Waals surface area contributed by atoms with Crippen molar-refractivity contribution in [2.75, 3.05) is 5.32 Å². The van der Waals surface area contributed by atoms with Crippen LogP contribution in [-0.4, -0.2) is 16.0 Å². The maximum atomic E-state index is 13.1. The molecular weight excluding hydrogens is 461 g/mol. The van der Waals surface area contributed by atoms with E-state index in [1.807, 2.05) is 12.1 Å². The van der Waals surface area contributed by atoms with Crippen LogP contribution in [0.5, 0.6) is 0 Å². The first-order valence-electron chi connectivity index (χ1n) is 10.4. The third-order valence-corrected chi connectivity index (χ3v) is 5.92. The Kier molecular flexibility index (Phi) is 6.72. The van der Waals surface area contributed by atoms with Crippen LogP contribution < -0.4 is 10.6 Å². The Hall–Kier alpha value is -3.29. The van der Waals surface area contributed by atoms with E-state index >= 15 is 0 Å². The average molecular weight is 482 g/mol. The molecule has 2 N–H and O–H groups in total. The van der Waals surface area contributed by atoms with E-state index in [9.17, 15) is 9.18 Å². The van der Waals surface area contributed by atoms with Gasteiger partial charge in [0, 0.05) is 11.1 Å². The third kappa shape index (κ3) is 5.21. The number of hydrogen-bond acceptors (Lipinski definition) is 4. The number of oxazole rings is 1. The van der Waals surface area contributed by atoms with Crippen LogP contribution in [0.3, 0.4) is 0 Å². The molecule has 0 bridgehead atoms. The van der Waals surface area contributed by atoms with Gasteiger partial charge in [-0.2, -0.15) is 0 Å². The van der Waals surface area contributed by atoms with E-state index in [0.29, 0.717) is 33.7 Å². The fraction of sp³-hybridized carbons (Fsp3) is 0.160. The van der Waals surface area contributed by atoms with Gasteiger partial charge in [-0.3, -0.25) is 10.1 Å². The highest BCUT2D eigenvalue weighted by molar-refractivity contribution is 7.80. The zero-order valence-electron chi connectivity index (χ0n) is 18.0. The van der Waals surface area contributed by atoms with Crippen molar-refractivity contribution < 1.29 is 13.6 Å². The van der Waals surface area contributed by atoms with Crippen molar-refractivity contribution in [3.05, 3.63) is 82.6 Å². The first-order chi connectivity index (χ1) is 15.8. The maximum absolute atomic E-state index is 13.1. The molecule has 4 aromatic rings. The molecular formula is C25H21ClFN3O2S. The van der Waals surface area contributed by atoms with Crippen LogP contribution in [0, 0.1) is 5.82 Å². The second kappa shape index (κ2) is 9.68. The number of benzene rings is 3. The Morgan fingerprint density at radius 3 is 2.64 bits per heavy atom. The van der Waals surface area contributed by atoms with Gasteiger partial charge in [-0.25, -0.2) is 9.37 Å². The Bertz CT molecular complexity index is 1340. The van der Waals surface area contributed by atoms with Crippen molar-refractivity contribution in [3.63, 3.8) is 0 Å². The molecule has 3 aromatic carbocycles. The molecule has 0 fully saturated rings. The number of carbonyl (C=O) groups excluding carboxylic acids is 1. The van der Waals surface area contributed by atoms with E-state index in [1.165, 1.54) is 29.8 Å². The van der Waals surface area contributed by atoms with Gasteiger partial charge in [0.1, 0.15) is 11.3 Å². The van der Waals surface area contributed by atoms with Crippen molar-refractivity contribution in [2.45, 2.75) is 26.2 Å². The molecule has 168 valence electrons. The second-order valence-electron chi connectivity index (χ2n) is 7.67. The number of carbonyl (C=O) groups is 1. The Morgan fingerprint density at radius 2 is 1.91 bits per heavy atom. The van der Waals surface area contributed by atoms with Gasteiger partial charge in [0.15, 0.2) is 10.7 Å². The third-order valence-electron chi connectivity index (χ3n) is 5.39. The van der Waals surface area contributed by atoms with Crippen LogP contribution in [0.2, 0.25) is 5.02 Å². The van der Waals surface area contributed by atoms with Gasteiger partial charge in [-0.05, 0) is 84.7 Å². The number of hydrogen-bond donors (Lipinski definition) is 2. The van der Waals surface area contributed by atoms with Crippen LogP contribution in [-0.2, 0) is 0 Å². The SMILES string of the molecule is CC[C@@H](C)c1ccc2oc(-c3ccc(Cl)c(NC(=S)NC(=O)c4ccc(F)cc4)c3)nc2c1. The molecule has 33 heavy (non-hydrogen) atoms. The van der Waals surface area contributed by atoms with E-state index in [-0.39, 0.29) is 10.7 Å². The van der Waals surface area contributed by atoms with E-state index in [4.69, 9.17) is 28.2 Å². The number of rotatable bonds is 5. The molecule has 0 saturated carbocycles. The highest BCUT2D eigenvalue weighted by Gasteiger charge is 2.14. The number of thiocarbonyl (C=S) groups is 1. The van der Waals surface area contributed by atoms with Crippen molar-refractivity contribution in [2.24, 2.45) is 0 Å². The molecule has 0 spiro atoms. The fourth-order valence-corrected chi connectivity index (χ4v) is 3.66. The molecule has 4 rings (SSSR count). The summed E-state index contributed by atoms with van der Waals surface area (Å²) in [7, 11) is 0. The summed E-state index contributed by atoms with van der Waals surface area (Å²) < 4.78 is 19.0. The lowest BCUT2D eigenvalue weighted by atomic mass is 9.98. The van der Waals surface area contributed by atoms with Crippen molar-refractivity contribution >= 4 is 51.6 Å². The molecule has 0 radical (unpaired) electrons. The molecule has 0 unspecified atom stereocenters. The Labute approximate surface area is 201 Å². The number of nitrogens with one attached hydrogen (secondary N) is 2. The summed E-state index contributed by atoms with van der Waals surface area (Å²) in [6.07, 6.45) is 1.04. The first-order valence-corrected chi connectivity index (χ1v) is 11.2. The molecule has 1 heterocycles. The normalized spacial score (nSPS) is 11.9. The number of anilines is 1. The molecule has 0 aliphatic carbocycles. The van der Waals surface area contributed by atoms with Gasteiger partial charge in [-0.1, -0.05) is 31.5 Å². The van der Waals surface area contributed by atoms with Gasteiger partial charge in [0.05, 0.1) is 10.7 Å². The minimum absolute atomic E-state index is 0.0548. The summed E-state index contributed by atoms with van der Waals surface area (Å²) in [5, 5.41) is 5.94. The summed E-state index contributed by atoms with van der Waals surface area (Å²) in [6, 6.07) is 16.4. The summed E-state index contributed by atoms with van der Waals surface area (Å²) in [5.74, 6) is 0.00119. The van der Waals surface area contributed by atoms with Gasteiger partial charge in [-0.15, -0.1) is 0 Å². The molecule has 1 amide bonds. The standard InChI is InChI=1S/C25H21ClFN3O2S/c1-3-14(2)16-7-11-22-21(12-16)28-24(32-22)17-6-10-19(26)20(13-17)29-25(33)30-23(31)15-4-8-18(27)9-5-15/h4-14H,3H2,1-2H3,(H2,29,30,31,33)/t14-/m1/s1. The number of amides is 1. The van der Waals surface area contributed by atoms with E-state index in [0.717, 1.165) is 11.9 Å². The lowest BCUT2D eigenvalue weighted by Gasteiger charge is -2.11. The molecule has 0 aliphatic rings. The highest BCUT2D eigenvalue weighted by atomic mass is 35.5. The van der Waals surface area contributed by atoms with Crippen LogP contribution in [0.4, 0.5) is 10.1 Å². The summed E-state index contributed by atoms with van der Waals surface area (Å²) in [4.78, 5) is 16.9. The van der Waals surface area contributed by atoms with Crippen LogP contribution >= 0.6 is 23.8 Å². The van der Waals surface area contributed by atoms with E-state index in [2.05, 4.69) is 35.5 Å². The smallest absolute Gasteiger partial charge is 0.257 e. The fourth-order valence-electron chi connectivity index (χ4n) is 3.29. The lowest BCUT2D eigenvalue weighted by Crippen LogP contribution is -2.34. The van der Waals surface area contributed by atoms with Crippen LogP contribution in [0.25, 0.3) is 22.6 Å². The largest absolute Gasteiger partial charge is 0.436 e. The van der Waals surface area contributed by atoms with Crippen molar-refractivity contribution in [3.8, 4) is 11.5 Å². The second-order valence-corrected chi connectivity index (χ2v) is 8.48. The molecule has 0 aliphatic heterocycles. The first kappa shape index (κ1) is 22.9. The summed E-state index contributed by atoms with van der Waals surface area (Å²) in [6.45, 7) is 4.33. The minimum Gasteiger partial charge on any atom is -0.436 e. The number of nitrogens with zero attached hydrogens (tertiary/aromatic N) is 1. The quantitative estimate of drug-likeness (QED) is 0.302. The van der Waals surface area contributed by atoms with Crippen LogP contribution in [0.15, 0.2) is 65.1 Å². The van der Waals surface area contributed by atoms with Crippen LogP contribution in [0.1, 0.15) is 42.1 Å². The predicted octanol–water partition coefficient (Wildman–Crippen LogP) is 6.93. The molecule has 5 nitrogen and oxygen atoms in total. The Morgan fingerprint density at radius 1 is 1.15 bits per heavy atom. The lowest BCUT2D eigenvalue weighted by molar-refractivity contribution is 0.0977. The maximum Gasteiger partial charge on any atom is 0.257 e. The number of fused-ring (bicyclic) bond motifs is 1. The van der Waals surface area contributed by atoms with Crippen molar-refractivity contribution in [1.82, 2.24) is 10.3 Å². The van der Waals surface area contributed by atoms with Gasteiger partial charge < -0.3 is 9.73 Å². The zero-order valence-corrected chi connectivity index (χ0v) is 19.6. The number of halogens is 2. The van der Waals surface area contributed by atoms with E-state index in [1.54, 1.807) is 18.2 Å². The van der Waals surface area contributed by atoms with E-state index < -0.39 is 11.7 Å². The highest BCUT2D eigenvalue weighted by Crippen LogP contribution is 2.31.